The number of amides is 1. The highest BCUT2D eigenvalue weighted by Gasteiger charge is 2.24. The first-order valence-corrected chi connectivity index (χ1v) is 9.61. The Hall–Kier alpha value is -2.22. The van der Waals surface area contributed by atoms with Crippen molar-refractivity contribution < 1.29 is 17.6 Å². The monoisotopic (exact) mass is 349 g/mol. The van der Waals surface area contributed by atoms with Crippen LogP contribution in [-0.4, -0.2) is 24.5 Å². The number of aromatic nitrogens is 2. The van der Waals surface area contributed by atoms with Crippen LogP contribution in [0, 0.1) is 5.92 Å². The Labute approximate surface area is 140 Å². The second-order valence-electron chi connectivity index (χ2n) is 5.90. The molecule has 2 aromatic rings. The Morgan fingerprint density at radius 2 is 1.83 bits per heavy atom. The first-order chi connectivity index (χ1) is 11.5. The largest absolute Gasteiger partial charge is 0.407 e. The highest BCUT2D eigenvalue weighted by molar-refractivity contribution is 7.90. The first-order valence-electron chi connectivity index (χ1n) is 7.96. The van der Waals surface area contributed by atoms with Gasteiger partial charge in [-0.3, -0.25) is 10.1 Å². The van der Waals surface area contributed by atoms with Crippen LogP contribution in [0.1, 0.15) is 38.0 Å². The molecular weight excluding hydrogens is 330 g/mol. The third-order valence-corrected chi connectivity index (χ3v) is 5.71. The number of rotatable bonds is 5. The van der Waals surface area contributed by atoms with E-state index in [9.17, 15) is 13.2 Å². The van der Waals surface area contributed by atoms with Crippen molar-refractivity contribution in [1.29, 1.82) is 0 Å². The van der Waals surface area contributed by atoms with Gasteiger partial charge in [0.2, 0.25) is 11.8 Å². The molecule has 0 saturated heterocycles. The van der Waals surface area contributed by atoms with E-state index >= 15 is 0 Å². The normalized spacial score (nSPS) is 16.0. The molecule has 1 amide bonds. The molecule has 0 atom stereocenters. The Kier molecular flexibility index (Phi) is 4.94. The molecule has 1 aliphatic rings. The second-order valence-corrected chi connectivity index (χ2v) is 7.89. The Bertz CT molecular complexity index is 796. The van der Waals surface area contributed by atoms with E-state index in [1.54, 1.807) is 18.2 Å². The van der Waals surface area contributed by atoms with E-state index in [1.165, 1.54) is 12.1 Å². The average Bonchev–Trinajstić information content (AvgIpc) is 3.02. The molecule has 0 radical (unpaired) electrons. The number of hydrogen-bond donors (Lipinski definition) is 1. The van der Waals surface area contributed by atoms with Crippen molar-refractivity contribution in [3.8, 4) is 0 Å². The molecule has 1 N–H and O–H groups in total. The summed E-state index contributed by atoms with van der Waals surface area (Å²) in [6, 6.07) is 8.01. The van der Waals surface area contributed by atoms with Crippen LogP contribution in [0.15, 0.2) is 39.6 Å². The first kappa shape index (κ1) is 16.6. The molecule has 128 valence electrons. The van der Waals surface area contributed by atoms with Crippen LogP contribution in [0.2, 0.25) is 0 Å². The molecule has 1 saturated carbocycles. The molecule has 24 heavy (non-hydrogen) atoms. The number of carbonyl (C=O) groups excluding carboxylic acids is 1. The van der Waals surface area contributed by atoms with Gasteiger partial charge >= 0.3 is 6.01 Å². The minimum atomic E-state index is -3.56. The van der Waals surface area contributed by atoms with E-state index in [-0.39, 0.29) is 28.6 Å². The molecule has 7 nitrogen and oxygen atoms in total. The second kappa shape index (κ2) is 7.12. The Morgan fingerprint density at radius 3 is 2.54 bits per heavy atom. The van der Waals surface area contributed by atoms with E-state index in [4.69, 9.17) is 4.42 Å². The summed E-state index contributed by atoms with van der Waals surface area (Å²) in [6.45, 7) is 0. The minimum absolute atomic E-state index is 0.0397. The van der Waals surface area contributed by atoms with Crippen LogP contribution in [0.4, 0.5) is 6.01 Å². The van der Waals surface area contributed by atoms with Gasteiger partial charge in [-0.2, -0.15) is 0 Å². The lowest BCUT2D eigenvalue weighted by Gasteiger charge is -2.19. The number of nitrogens with one attached hydrogen (secondary N) is 1. The van der Waals surface area contributed by atoms with Crippen LogP contribution < -0.4 is 5.32 Å². The van der Waals surface area contributed by atoms with Crippen LogP contribution in [0.25, 0.3) is 0 Å². The van der Waals surface area contributed by atoms with Gasteiger partial charge in [0.05, 0.1) is 4.90 Å². The predicted molar refractivity (Wildman–Crippen MR) is 86.8 cm³/mol. The van der Waals surface area contributed by atoms with Gasteiger partial charge in [0.25, 0.3) is 0 Å². The summed E-state index contributed by atoms with van der Waals surface area (Å²) in [5.41, 5.74) is 0. The van der Waals surface area contributed by atoms with Crippen LogP contribution in [-0.2, 0) is 20.4 Å². The van der Waals surface area contributed by atoms with Crippen molar-refractivity contribution in [2.75, 3.05) is 5.32 Å². The molecule has 1 heterocycles. The third kappa shape index (κ3) is 4.00. The summed E-state index contributed by atoms with van der Waals surface area (Å²) in [7, 11) is -3.56. The van der Waals surface area contributed by atoms with Crippen molar-refractivity contribution in [3.63, 3.8) is 0 Å². The predicted octanol–water partition coefficient (Wildman–Crippen LogP) is 2.56. The van der Waals surface area contributed by atoms with Gasteiger partial charge in [0.15, 0.2) is 9.84 Å². The van der Waals surface area contributed by atoms with Crippen molar-refractivity contribution in [1.82, 2.24) is 10.2 Å². The fourth-order valence-electron chi connectivity index (χ4n) is 2.81. The van der Waals surface area contributed by atoms with Crippen LogP contribution in [0.3, 0.4) is 0 Å². The highest BCUT2D eigenvalue weighted by atomic mass is 32.2. The van der Waals surface area contributed by atoms with Gasteiger partial charge in [-0.1, -0.05) is 42.6 Å². The Morgan fingerprint density at radius 1 is 1.12 bits per heavy atom. The lowest BCUT2D eigenvalue weighted by molar-refractivity contribution is -0.120. The van der Waals surface area contributed by atoms with Gasteiger partial charge in [-0.05, 0) is 25.0 Å². The summed E-state index contributed by atoms with van der Waals surface area (Å²) in [5, 5.41) is 10.0. The van der Waals surface area contributed by atoms with E-state index < -0.39 is 15.6 Å². The van der Waals surface area contributed by atoms with Crippen molar-refractivity contribution >= 4 is 21.8 Å². The van der Waals surface area contributed by atoms with E-state index in [2.05, 4.69) is 15.5 Å². The Balaban J connectivity index is 1.64. The van der Waals surface area contributed by atoms with Gasteiger partial charge in [0, 0.05) is 5.92 Å². The quantitative estimate of drug-likeness (QED) is 0.890. The maximum atomic E-state index is 12.3. The number of nitrogens with zero attached hydrogens (tertiary/aromatic N) is 2. The zero-order chi connectivity index (χ0) is 17.0. The molecule has 1 fully saturated rings. The summed E-state index contributed by atoms with van der Waals surface area (Å²) in [6.07, 6.45) is 4.96. The van der Waals surface area contributed by atoms with Gasteiger partial charge in [0.1, 0.15) is 5.75 Å². The molecule has 0 bridgehead atoms. The number of hydrogen-bond acceptors (Lipinski definition) is 6. The molecule has 1 aliphatic carbocycles. The standard InChI is InChI=1S/C16H19N3O4S/c20-15(12-7-3-1-4-8-12)17-16-19-18-14(23-16)11-24(21,22)13-9-5-2-6-10-13/h2,5-6,9-10,12H,1,3-4,7-8,11H2,(H,17,19,20). The SMILES string of the molecule is O=C(Nc1nnc(CS(=O)(=O)c2ccccc2)o1)C1CCCCC1. The van der Waals surface area contributed by atoms with E-state index in [0.29, 0.717) is 0 Å². The fourth-order valence-corrected chi connectivity index (χ4v) is 3.99. The third-order valence-electron chi connectivity index (χ3n) is 4.09. The van der Waals surface area contributed by atoms with Crippen molar-refractivity contribution in [2.45, 2.75) is 42.8 Å². The van der Waals surface area contributed by atoms with E-state index in [1.807, 2.05) is 0 Å². The molecule has 8 heteroatoms. The molecule has 0 unspecified atom stereocenters. The molecule has 0 aliphatic heterocycles. The minimum Gasteiger partial charge on any atom is -0.407 e. The fraction of sp³-hybridized carbons (Fsp3) is 0.438. The lowest BCUT2D eigenvalue weighted by atomic mass is 9.89. The molecule has 3 rings (SSSR count). The highest BCUT2D eigenvalue weighted by Crippen LogP contribution is 2.25. The van der Waals surface area contributed by atoms with Gasteiger partial charge < -0.3 is 4.42 Å². The van der Waals surface area contributed by atoms with Crippen LogP contribution in [0.5, 0.6) is 0 Å². The number of benzene rings is 1. The smallest absolute Gasteiger partial charge is 0.322 e. The summed E-state index contributed by atoms with van der Waals surface area (Å²) in [5.74, 6) is -0.626. The summed E-state index contributed by atoms with van der Waals surface area (Å²) < 4.78 is 29.8. The molecule has 1 aromatic heterocycles. The van der Waals surface area contributed by atoms with Crippen molar-refractivity contribution in [2.24, 2.45) is 5.92 Å². The van der Waals surface area contributed by atoms with E-state index in [0.717, 1.165) is 32.1 Å². The molecule has 0 spiro atoms. The zero-order valence-corrected chi connectivity index (χ0v) is 14.0. The lowest BCUT2D eigenvalue weighted by Crippen LogP contribution is -2.24. The number of carbonyl (C=O) groups is 1. The van der Waals surface area contributed by atoms with Gasteiger partial charge in [-0.15, -0.1) is 5.10 Å². The maximum absolute atomic E-state index is 12.3. The molecule has 1 aromatic carbocycles. The van der Waals surface area contributed by atoms with Gasteiger partial charge in [-0.25, -0.2) is 8.42 Å². The maximum Gasteiger partial charge on any atom is 0.322 e. The number of anilines is 1. The summed E-state index contributed by atoms with van der Waals surface area (Å²) in [4.78, 5) is 12.3. The number of sulfone groups is 1. The average molecular weight is 349 g/mol. The topological polar surface area (TPSA) is 102 Å². The van der Waals surface area contributed by atoms with Crippen molar-refractivity contribution in [3.05, 3.63) is 36.2 Å². The summed E-state index contributed by atoms with van der Waals surface area (Å²) >= 11 is 0. The van der Waals surface area contributed by atoms with Crippen LogP contribution >= 0.6 is 0 Å². The molecular formula is C16H19N3O4S. The zero-order valence-electron chi connectivity index (χ0n) is 13.1.